The Morgan fingerprint density at radius 3 is 2.15 bits per heavy atom. The summed E-state index contributed by atoms with van der Waals surface area (Å²) in [5, 5.41) is 0. The number of carbonyl (C=O) groups is 1. The third-order valence-corrected chi connectivity index (χ3v) is 4.21. The van der Waals surface area contributed by atoms with Crippen LogP contribution >= 0.6 is 12.2 Å². The van der Waals surface area contributed by atoms with E-state index < -0.39 is 30.1 Å². The predicted molar refractivity (Wildman–Crippen MR) is 75.2 cm³/mol. The zero-order chi connectivity index (χ0) is 15.6. The normalized spacial score (nSPS) is 18.9. The third-order valence-electron chi connectivity index (χ3n) is 3.82. The van der Waals surface area contributed by atoms with Crippen LogP contribution in [0.5, 0.6) is 0 Å². The van der Waals surface area contributed by atoms with Crippen molar-refractivity contribution in [1.29, 1.82) is 0 Å². The van der Waals surface area contributed by atoms with Crippen molar-refractivity contribution in [1.82, 2.24) is 4.90 Å². The molecule has 1 rings (SSSR count). The van der Waals surface area contributed by atoms with Crippen molar-refractivity contribution in [2.45, 2.75) is 58.2 Å². The monoisotopic (exact) mass is 310 g/mol. The smallest absolute Gasteiger partial charge is 0.392 e. The number of thiocarbonyl (C=S) groups is 1. The first-order valence-electron chi connectivity index (χ1n) is 6.78. The number of alkyl halides is 3. The predicted octanol–water partition coefficient (Wildman–Crippen LogP) is 3.02. The fourth-order valence-electron chi connectivity index (χ4n) is 2.68. The largest absolute Gasteiger partial charge is 0.406 e. The maximum Gasteiger partial charge on any atom is 0.406 e. The van der Waals surface area contributed by atoms with E-state index in [1.54, 1.807) is 13.8 Å². The second-order valence-electron chi connectivity index (χ2n) is 5.65. The molecule has 1 saturated carbocycles. The zero-order valence-electron chi connectivity index (χ0n) is 11.8. The van der Waals surface area contributed by atoms with E-state index in [0.29, 0.717) is 12.8 Å². The molecule has 116 valence electrons. The molecule has 20 heavy (non-hydrogen) atoms. The molecule has 0 unspecified atom stereocenters. The van der Waals surface area contributed by atoms with Crippen molar-refractivity contribution >= 4 is 23.1 Å². The van der Waals surface area contributed by atoms with E-state index in [1.807, 2.05) is 0 Å². The van der Waals surface area contributed by atoms with Gasteiger partial charge in [-0.15, -0.1) is 0 Å². The Balaban J connectivity index is 3.04. The van der Waals surface area contributed by atoms with Crippen molar-refractivity contribution < 1.29 is 18.0 Å². The van der Waals surface area contributed by atoms with Gasteiger partial charge in [-0.05, 0) is 26.7 Å². The number of amides is 1. The van der Waals surface area contributed by atoms with E-state index in [1.165, 1.54) is 0 Å². The Kier molecular flexibility index (Phi) is 5.40. The van der Waals surface area contributed by atoms with Crippen LogP contribution in [0.4, 0.5) is 13.2 Å². The second kappa shape index (κ2) is 6.28. The van der Waals surface area contributed by atoms with Crippen LogP contribution in [-0.2, 0) is 4.79 Å². The van der Waals surface area contributed by atoms with Gasteiger partial charge in [0.1, 0.15) is 6.54 Å². The number of nitrogens with two attached hydrogens (primary N) is 1. The van der Waals surface area contributed by atoms with Crippen LogP contribution in [0, 0.1) is 5.41 Å². The quantitative estimate of drug-likeness (QED) is 0.812. The summed E-state index contributed by atoms with van der Waals surface area (Å²) in [7, 11) is 0. The fourth-order valence-corrected chi connectivity index (χ4v) is 2.97. The van der Waals surface area contributed by atoms with Crippen LogP contribution in [0.25, 0.3) is 0 Å². The van der Waals surface area contributed by atoms with E-state index in [9.17, 15) is 18.0 Å². The first-order valence-corrected chi connectivity index (χ1v) is 7.19. The van der Waals surface area contributed by atoms with Gasteiger partial charge >= 0.3 is 6.18 Å². The molecule has 2 N–H and O–H groups in total. The minimum absolute atomic E-state index is 0.0232. The van der Waals surface area contributed by atoms with Crippen molar-refractivity contribution in [3.63, 3.8) is 0 Å². The molecule has 0 atom stereocenters. The molecule has 1 amide bonds. The average molecular weight is 310 g/mol. The maximum atomic E-state index is 12.7. The molecule has 0 radical (unpaired) electrons. The molecule has 0 spiro atoms. The number of hydrogen-bond donors (Lipinski definition) is 1. The third kappa shape index (κ3) is 3.84. The number of carbonyl (C=O) groups excluding carboxylic acids is 1. The van der Waals surface area contributed by atoms with Gasteiger partial charge in [0, 0.05) is 6.04 Å². The number of nitrogens with zero attached hydrogens (tertiary/aromatic N) is 1. The Hall–Kier alpha value is -0.850. The van der Waals surface area contributed by atoms with Crippen LogP contribution in [0.1, 0.15) is 46.0 Å². The molecule has 1 aliphatic carbocycles. The minimum atomic E-state index is -4.42. The zero-order valence-corrected chi connectivity index (χ0v) is 12.6. The minimum Gasteiger partial charge on any atom is -0.392 e. The van der Waals surface area contributed by atoms with Gasteiger partial charge in [0.25, 0.3) is 0 Å². The van der Waals surface area contributed by atoms with Crippen LogP contribution in [0.15, 0.2) is 0 Å². The Morgan fingerprint density at radius 1 is 1.30 bits per heavy atom. The summed E-state index contributed by atoms with van der Waals surface area (Å²) in [6, 6.07) is -0.544. The van der Waals surface area contributed by atoms with Crippen molar-refractivity contribution in [2.24, 2.45) is 11.1 Å². The second-order valence-corrected chi connectivity index (χ2v) is 6.09. The van der Waals surface area contributed by atoms with E-state index in [2.05, 4.69) is 0 Å². The van der Waals surface area contributed by atoms with Gasteiger partial charge in [-0.25, -0.2) is 0 Å². The van der Waals surface area contributed by atoms with Gasteiger partial charge in [-0.2, -0.15) is 13.2 Å². The van der Waals surface area contributed by atoms with Crippen LogP contribution in [0.2, 0.25) is 0 Å². The van der Waals surface area contributed by atoms with Crippen LogP contribution in [-0.4, -0.2) is 34.6 Å². The molecule has 0 aromatic rings. The summed E-state index contributed by atoms with van der Waals surface area (Å²) >= 11 is 5.00. The number of rotatable bonds is 4. The molecule has 7 heteroatoms. The summed E-state index contributed by atoms with van der Waals surface area (Å²) in [6.45, 7) is 1.88. The first-order chi connectivity index (χ1) is 9.10. The average Bonchev–Trinajstić information content (AvgIpc) is 2.34. The summed E-state index contributed by atoms with van der Waals surface area (Å²) in [6.07, 6.45) is -1.04. The molecule has 1 aliphatic rings. The lowest BCUT2D eigenvalue weighted by atomic mass is 9.72. The molecule has 0 saturated heterocycles. The number of hydrogen-bond acceptors (Lipinski definition) is 2. The maximum absolute atomic E-state index is 12.7. The number of halogens is 3. The lowest BCUT2D eigenvalue weighted by Gasteiger charge is -2.40. The first kappa shape index (κ1) is 17.2. The summed E-state index contributed by atoms with van der Waals surface area (Å²) in [4.78, 5) is 13.5. The van der Waals surface area contributed by atoms with Gasteiger partial charge in [0.2, 0.25) is 5.91 Å². The molecule has 3 nitrogen and oxygen atoms in total. The van der Waals surface area contributed by atoms with Crippen molar-refractivity contribution in [3.05, 3.63) is 0 Å². The highest BCUT2D eigenvalue weighted by Crippen LogP contribution is 2.39. The van der Waals surface area contributed by atoms with E-state index in [0.717, 1.165) is 24.2 Å². The summed E-state index contributed by atoms with van der Waals surface area (Å²) in [5.74, 6) is -0.572. The standard InChI is InChI=1S/C13H21F3N2OS/c1-9(2)18(8-13(14,15)16)11(19)12(10(17)20)6-4-3-5-7-12/h9H,3-8H2,1-2H3,(H2,17,20). The van der Waals surface area contributed by atoms with E-state index >= 15 is 0 Å². The molecule has 0 heterocycles. The van der Waals surface area contributed by atoms with Crippen molar-refractivity contribution in [2.75, 3.05) is 6.54 Å². The lowest BCUT2D eigenvalue weighted by Crippen LogP contribution is -2.55. The van der Waals surface area contributed by atoms with E-state index in [4.69, 9.17) is 18.0 Å². The van der Waals surface area contributed by atoms with E-state index in [-0.39, 0.29) is 4.99 Å². The van der Waals surface area contributed by atoms with Crippen molar-refractivity contribution in [3.8, 4) is 0 Å². The molecule has 0 aromatic heterocycles. The molecular weight excluding hydrogens is 289 g/mol. The molecule has 0 aromatic carbocycles. The molecule has 0 aliphatic heterocycles. The Labute approximate surface area is 122 Å². The van der Waals surface area contributed by atoms with Gasteiger partial charge in [-0.1, -0.05) is 31.5 Å². The molecular formula is C13H21F3N2OS. The lowest BCUT2D eigenvalue weighted by molar-refractivity contribution is -0.169. The highest BCUT2D eigenvalue weighted by atomic mass is 32.1. The SMILES string of the molecule is CC(C)N(CC(F)(F)F)C(=O)C1(C(N)=S)CCCCC1. The van der Waals surface area contributed by atoms with Gasteiger partial charge in [-0.3, -0.25) is 4.79 Å². The summed E-state index contributed by atoms with van der Waals surface area (Å²) in [5.41, 5.74) is 4.61. The van der Waals surface area contributed by atoms with Gasteiger partial charge < -0.3 is 10.6 Å². The Bertz CT molecular complexity index is 376. The fraction of sp³-hybridized carbons (Fsp3) is 0.846. The molecule has 1 fully saturated rings. The highest BCUT2D eigenvalue weighted by molar-refractivity contribution is 7.80. The van der Waals surface area contributed by atoms with Gasteiger partial charge in [0.15, 0.2) is 0 Å². The molecule has 0 bridgehead atoms. The van der Waals surface area contributed by atoms with Crippen LogP contribution < -0.4 is 5.73 Å². The van der Waals surface area contributed by atoms with Gasteiger partial charge in [0.05, 0.1) is 10.4 Å². The topological polar surface area (TPSA) is 46.3 Å². The Morgan fingerprint density at radius 2 is 1.80 bits per heavy atom. The van der Waals surface area contributed by atoms with Crippen LogP contribution in [0.3, 0.4) is 0 Å². The highest BCUT2D eigenvalue weighted by Gasteiger charge is 2.47. The summed E-state index contributed by atoms with van der Waals surface area (Å²) < 4.78 is 38.0.